The lowest BCUT2D eigenvalue weighted by Crippen LogP contribution is -2.32. The maximum atomic E-state index is 12.9. The molecule has 7 heteroatoms. The number of amides is 1. The summed E-state index contributed by atoms with van der Waals surface area (Å²) in [6.07, 6.45) is 1.48. The predicted molar refractivity (Wildman–Crippen MR) is 62.2 cm³/mol. The third kappa shape index (κ3) is 3.56. The predicted octanol–water partition coefficient (Wildman–Crippen LogP) is 1.60. The molecule has 0 saturated heterocycles. The van der Waals surface area contributed by atoms with E-state index in [1.165, 1.54) is 6.26 Å². The van der Waals surface area contributed by atoms with Crippen molar-refractivity contribution in [2.75, 3.05) is 12.8 Å². The quantitative estimate of drug-likeness (QED) is 0.851. The van der Waals surface area contributed by atoms with Gasteiger partial charge in [-0.1, -0.05) is 0 Å². The Labute approximate surface area is 105 Å². The highest BCUT2D eigenvalue weighted by atomic mass is 32.2. The highest BCUT2D eigenvalue weighted by molar-refractivity contribution is 7.84. The van der Waals surface area contributed by atoms with Crippen LogP contribution in [-0.2, 0) is 10.8 Å². The monoisotopic (exact) mass is 279 g/mol. The second-order valence-electron chi connectivity index (χ2n) is 3.77. The zero-order chi connectivity index (χ0) is 13.9. The van der Waals surface area contributed by atoms with Crippen LogP contribution in [0.25, 0.3) is 0 Å². The van der Waals surface area contributed by atoms with Crippen LogP contribution in [-0.4, -0.2) is 28.2 Å². The summed E-state index contributed by atoms with van der Waals surface area (Å²) in [4.78, 5) is 11.5. The molecule has 3 nitrogen and oxygen atoms in total. The summed E-state index contributed by atoms with van der Waals surface area (Å²) in [5.74, 6) is -5.21. The normalized spacial score (nSPS) is 14.1. The van der Waals surface area contributed by atoms with E-state index in [1.807, 2.05) is 0 Å². The van der Waals surface area contributed by atoms with E-state index >= 15 is 0 Å². The van der Waals surface area contributed by atoms with E-state index in [2.05, 4.69) is 5.32 Å². The fourth-order valence-corrected chi connectivity index (χ4v) is 1.46. The van der Waals surface area contributed by atoms with Crippen LogP contribution in [0.5, 0.6) is 0 Å². The third-order valence-electron chi connectivity index (χ3n) is 2.36. The lowest BCUT2D eigenvalue weighted by molar-refractivity contribution is 0.0953. The van der Waals surface area contributed by atoms with Gasteiger partial charge in [-0.15, -0.1) is 0 Å². The number of benzene rings is 1. The van der Waals surface area contributed by atoms with Gasteiger partial charge in [0.15, 0.2) is 17.5 Å². The Morgan fingerprint density at radius 3 is 2.28 bits per heavy atom. The van der Waals surface area contributed by atoms with E-state index in [4.69, 9.17) is 0 Å². The molecule has 2 unspecified atom stereocenters. The summed E-state index contributed by atoms with van der Waals surface area (Å²) in [5, 5.41) is 2.08. The van der Waals surface area contributed by atoms with Crippen molar-refractivity contribution in [3.8, 4) is 0 Å². The first-order valence-corrected chi connectivity index (χ1v) is 6.70. The van der Waals surface area contributed by atoms with Crippen LogP contribution in [0, 0.1) is 17.5 Å². The first kappa shape index (κ1) is 14.7. The van der Waals surface area contributed by atoms with Crippen molar-refractivity contribution >= 4 is 16.7 Å². The van der Waals surface area contributed by atoms with Crippen LogP contribution < -0.4 is 5.32 Å². The maximum Gasteiger partial charge on any atom is 0.251 e. The molecule has 1 N–H and O–H groups in total. The minimum absolute atomic E-state index is 0.0998. The summed E-state index contributed by atoms with van der Waals surface area (Å²) in [6, 6.07) is 1.22. The highest BCUT2D eigenvalue weighted by Gasteiger charge is 2.16. The molecule has 1 aromatic carbocycles. The fraction of sp³-hybridized carbons (Fsp3) is 0.364. The Balaban J connectivity index is 2.76. The Kier molecular flexibility index (Phi) is 4.89. The van der Waals surface area contributed by atoms with Gasteiger partial charge in [0, 0.05) is 34.4 Å². The first-order valence-electron chi connectivity index (χ1n) is 5.08. The van der Waals surface area contributed by atoms with E-state index < -0.39 is 34.2 Å². The van der Waals surface area contributed by atoms with Gasteiger partial charge in [0.05, 0.1) is 0 Å². The van der Waals surface area contributed by atoms with Gasteiger partial charge in [-0.2, -0.15) is 0 Å². The van der Waals surface area contributed by atoms with Crippen LogP contribution in [0.15, 0.2) is 12.1 Å². The zero-order valence-corrected chi connectivity index (χ0v) is 10.6. The van der Waals surface area contributed by atoms with Gasteiger partial charge in [-0.25, -0.2) is 13.2 Å². The number of hydrogen-bond acceptors (Lipinski definition) is 2. The third-order valence-corrected chi connectivity index (χ3v) is 3.66. The van der Waals surface area contributed by atoms with Crippen molar-refractivity contribution in [1.82, 2.24) is 5.32 Å². The minimum Gasteiger partial charge on any atom is -0.351 e. The van der Waals surface area contributed by atoms with Gasteiger partial charge >= 0.3 is 0 Å². The summed E-state index contributed by atoms with van der Waals surface area (Å²) in [5.41, 5.74) is -0.319. The lowest BCUT2D eigenvalue weighted by atomic mass is 10.2. The molecule has 0 heterocycles. The highest BCUT2D eigenvalue weighted by Crippen LogP contribution is 2.13. The molecule has 100 valence electrons. The summed E-state index contributed by atoms with van der Waals surface area (Å²) in [6.45, 7) is 1.75. The SMILES string of the molecule is CC(CNC(=O)c1cc(F)c(F)c(F)c1)S(C)=O. The number of rotatable bonds is 4. The smallest absolute Gasteiger partial charge is 0.251 e. The molecule has 0 aromatic heterocycles. The molecule has 0 bridgehead atoms. The van der Waals surface area contributed by atoms with Crippen molar-refractivity contribution in [2.45, 2.75) is 12.2 Å². The van der Waals surface area contributed by atoms with Crippen molar-refractivity contribution in [2.24, 2.45) is 0 Å². The second-order valence-corrected chi connectivity index (χ2v) is 5.58. The molecule has 2 atom stereocenters. The number of halogens is 3. The van der Waals surface area contributed by atoms with Crippen LogP contribution in [0.1, 0.15) is 17.3 Å². The van der Waals surface area contributed by atoms with Crippen molar-refractivity contribution in [3.05, 3.63) is 35.1 Å². The van der Waals surface area contributed by atoms with E-state index in [1.54, 1.807) is 6.92 Å². The molecule has 1 amide bonds. The summed E-state index contributed by atoms with van der Waals surface area (Å²) < 4.78 is 49.5. The van der Waals surface area contributed by atoms with E-state index in [0.717, 1.165) is 0 Å². The second kappa shape index (κ2) is 5.99. The number of carbonyl (C=O) groups is 1. The molecule has 0 aliphatic heterocycles. The van der Waals surface area contributed by atoms with Gasteiger partial charge in [-0.05, 0) is 19.1 Å². The molecule has 18 heavy (non-hydrogen) atoms. The van der Waals surface area contributed by atoms with E-state index in [-0.39, 0.29) is 17.4 Å². The minimum atomic E-state index is -1.62. The molecular formula is C11H12F3NO2S. The summed E-state index contributed by atoms with van der Waals surface area (Å²) in [7, 11) is -1.12. The van der Waals surface area contributed by atoms with Crippen LogP contribution in [0.4, 0.5) is 13.2 Å². The number of carbonyl (C=O) groups excluding carboxylic acids is 1. The van der Waals surface area contributed by atoms with E-state index in [9.17, 15) is 22.2 Å². The van der Waals surface area contributed by atoms with E-state index in [0.29, 0.717) is 12.1 Å². The number of hydrogen-bond donors (Lipinski definition) is 1. The Hall–Kier alpha value is -1.37. The molecule has 0 spiro atoms. The molecule has 0 saturated carbocycles. The molecule has 0 radical (unpaired) electrons. The van der Waals surface area contributed by atoms with Crippen LogP contribution in [0.3, 0.4) is 0 Å². The largest absolute Gasteiger partial charge is 0.351 e. The lowest BCUT2D eigenvalue weighted by Gasteiger charge is -2.10. The average Bonchev–Trinajstić information content (AvgIpc) is 2.31. The van der Waals surface area contributed by atoms with Crippen LogP contribution in [0.2, 0.25) is 0 Å². The first-order chi connectivity index (χ1) is 8.32. The Morgan fingerprint density at radius 1 is 1.33 bits per heavy atom. The van der Waals surface area contributed by atoms with Crippen LogP contribution >= 0.6 is 0 Å². The van der Waals surface area contributed by atoms with Gasteiger partial charge in [0.2, 0.25) is 0 Å². The average molecular weight is 279 g/mol. The standard InChI is InChI=1S/C11H12F3NO2S/c1-6(18(2)17)5-15-11(16)7-3-8(12)10(14)9(13)4-7/h3-4,6H,5H2,1-2H3,(H,15,16). The molecule has 1 rings (SSSR count). The topological polar surface area (TPSA) is 46.2 Å². The molecule has 0 fully saturated rings. The zero-order valence-electron chi connectivity index (χ0n) is 9.80. The van der Waals surface area contributed by atoms with Gasteiger partial charge in [-0.3, -0.25) is 9.00 Å². The van der Waals surface area contributed by atoms with Gasteiger partial charge < -0.3 is 5.32 Å². The maximum absolute atomic E-state index is 12.9. The van der Waals surface area contributed by atoms with Crippen molar-refractivity contribution in [3.63, 3.8) is 0 Å². The molecule has 1 aromatic rings. The Morgan fingerprint density at radius 2 is 1.83 bits per heavy atom. The summed E-state index contributed by atoms with van der Waals surface area (Å²) >= 11 is 0. The van der Waals surface area contributed by atoms with Gasteiger partial charge in [0.25, 0.3) is 5.91 Å². The molecular weight excluding hydrogens is 267 g/mol. The number of nitrogens with one attached hydrogen (secondary N) is 1. The van der Waals surface area contributed by atoms with Crippen molar-refractivity contribution in [1.29, 1.82) is 0 Å². The van der Waals surface area contributed by atoms with Gasteiger partial charge in [0.1, 0.15) is 0 Å². The fourth-order valence-electron chi connectivity index (χ4n) is 1.14. The molecule has 0 aliphatic rings. The molecule has 0 aliphatic carbocycles. The Bertz CT molecular complexity index is 470. The van der Waals surface area contributed by atoms with Crippen molar-refractivity contribution < 1.29 is 22.2 Å².